The average Bonchev–Trinajstić information content (AvgIpc) is 2.98. The van der Waals surface area contributed by atoms with Crippen molar-refractivity contribution in [2.45, 2.75) is 19.3 Å². The molecule has 0 saturated carbocycles. The standard InChI is InChI=1S/C15H16FN3O2S/c16-12-5-3-10(4-6-12)8-13-17-18-15(22-13)19-7-1-2-11(9-19)14(20)21/h3-6,11H,1-2,7-9H2,(H,20,21). The van der Waals surface area contributed by atoms with Crippen LogP contribution in [0.3, 0.4) is 0 Å². The van der Waals surface area contributed by atoms with Gasteiger partial charge < -0.3 is 10.0 Å². The Morgan fingerprint density at radius 3 is 2.86 bits per heavy atom. The van der Waals surface area contributed by atoms with Crippen LogP contribution in [0, 0.1) is 11.7 Å². The number of benzene rings is 1. The molecule has 1 unspecified atom stereocenters. The Labute approximate surface area is 131 Å². The molecule has 0 radical (unpaired) electrons. The number of halogens is 1. The summed E-state index contributed by atoms with van der Waals surface area (Å²) in [7, 11) is 0. The maximum atomic E-state index is 12.9. The van der Waals surface area contributed by atoms with Crippen molar-refractivity contribution in [2.24, 2.45) is 5.92 Å². The lowest BCUT2D eigenvalue weighted by molar-refractivity contribution is -0.141. The molecule has 2 aromatic rings. The molecule has 1 aromatic carbocycles. The fourth-order valence-corrected chi connectivity index (χ4v) is 3.48. The van der Waals surface area contributed by atoms with Gasteiger partial charge in [-0.3, -0.25) is 4.79 Å². The Balaban J connectivity index is 1.68. The number of carboxylic acid groups (broad SMARTS) is 1. The van der Waals surface area contributed by atoms with E-state index in [1.54, 1.807) is 12.1 Å². The smallest absolute Gasteiger partial charge is 0.308 e. The number of carbonyl (C=O) groups is 1. The largest absolute Gasteiger partial charge is 0.481 e. The Morgan fingerprint density at radius 2 is 2.14 bits per heavy atom. The maximum Gasteiger partial charge on any atom is 0.308 e. The number of hydrogen-bond donors (Lipinski definition) is 1. The van der Waals surface area contributed by atoms with Crippen LogP contribution in [0.25, 0.3) is 0 Å². The van der Waals surface area contributed by atoms with Crippen molar-refractivity contribution in [3.8, 4) is 0 Å². The van der Waals surface area contributed by atoms with Crippen molar-refractivity contribution in [1.29, 1.82) is 0 Å². The molecule has 1 N–H and O–H groups in total. The summed E-state index contributed by atoms with van der Waals surface area (Å²) in [6.07, 6.45) is 2.17. The van der Waals surface area contributed by atoms with Crippen LogP contribution in [0.1, 0.15) is 23.4 Å². The molecule has 1 saturated heterocycles. The predicted molar refractivity (Wildman–Crippen MR) is 81.7 cm³/mol. The SMILES string of the molecule is O=C(O)C1CCCN(c2nnc(Cc3ccc(F)cc3)s2)C1. The molecule has 1 aromatic heterocycles. The summed E-state index contributed by atoms with van der Waals surface area (Å²) in [6, 6.07) is 6.33. The summed E-state index contributed by atoms with van der Waals surface area (Å²) in [5, 5.41) is 19.1. The molecule has 0 amide bonds. The van der Waals surface area contributed by atoms with Crippen molar-refractivity contribution in [3.63, 3.8) is 0 Å². The number of aromatic nitrogens is 2. The highest BCUT2D eigenvalue weighted by atomic mass is 32.1. The van der Waals surface area contributed by atoms with E-state index in [1.165, 1.54) is 23.5 Å². The van der Waals surface area contributed by atoms with Crippen molar-refractivity contribution in [2.75, 3.05) is 18.0 Å². The summed E-state index contributed by atoms with van der Waals surface area (Å²) < 4.78 is 12.9. The van der Waals surface area contributed by atoms with Gasteiger partial charge in [0.05, 0.1) is 5.92 Å². The van der Waals surface area contributed by atoms with Gasteiger partial charge in [0.1, 0.15) is 10.8 Å². The fraction of sp³-hybridized carbons (Fsp3) is 0.400. The number of anilines is 1. The zero-order chi connectivity index (χ0) is 15.5. The minimum atomic E-state index is -0.749. The van der Waals surface area contributed by atoms with Gasteiger partial charge >= 0.3 is 5.97 Å². The molecule has 1 aliphatic rings. The quantitative estimate of drug-likeness (QED) is 0.937. The average molecular weight is 321 g/mol. The second kappa shape index (κ2) is 6.39. The molecular weight excluding hydrogens is 305 g/mol. The molecule has 1 aliphatic heterocycles. The van der Waals surface area contributed by atoms with Crippen molar-refractivity contribution in [3.05, 3.63) is 40.7 Å². The molecule has 1 fully saturated rings. The van der Waals surface area contributed by atoms with Gasteiger partial charge in [0.2, 0.25) is 5.13 Å². The molecule has 7 heteroatoms. The maximum absolute atomic E-state index is 12.9. The molecule has 116 valence electrons. The van der Waals surface area contributed by atoms with Crippen LogP contribution in [-0.2, 0) is 11.2 Å². The van der Waals surface area contributed by atoms with Crippen LogP contribution >= 0.6 is 11.3 Å². The Kier molecular flexibility index (Phi) is 4.33. The normalized spacial score (nSPS) is 18.4. The highest BCUT2D eigenvalue weighted by Gasteiger charge is 2.27. The summed E-state index contributed by atoms with van der Waals surface area (Å²) >= 11 is 1.47. The Hall–Kier alpha value is -2.02. The van der Waals surface area contributed by atoms with E-state index in [0.717, 1.165) is 28.7 Å². The van der Waals surface area contributed by atoms with E-state index in [2.05, 4.69) is 10.2 Å². The molecule has 5 nitrogen and oxygen atoms in total. The van der Waals surface area contributed by atoms with Crippen molar-refractivity contribution < 1.29 is 14.3 Å². The van der Waals surface area contributed by atoms with Gasteiger partial charge in [-0.15, -0.1) is 10.2 Å². The second-order valence-electron chi connectivity index (χ2n) is 5.41. The number of aliphatic carboxylic acids is 1. The van der Waals surface area contributed by atoms with Crippen LogP contribution in [0.5, 0.6) is 0 Å². The number of hydrogen-bond acceptors (Lipinski definition) is 5. The first-order valence-electron chi connectivity index (χ1n) is 7.16. The molecular formula is C15H16FN3O2S. The first kappa shape index (κ1) is 14.9. The van der Waals surface area contributed by atoms with E-state index >= 15 is 0 Å². The Bertz CT molecular complexity index is 659. The minimum absolute atomic E-state index is 0.255. The van der Waals surface area contributed by atoms with Gasteiger partial charge in [0, 0.05) is 19.5 Å². The van der Waals surface area contributed by atoms with Gasteiger partial charge in [-0.05, 0) is 30.5 Å². The number of carboxylic acids is 1. The lowest BCUT2D eigenvalue weighted by Gasteiger charge is -2.29. The highest BCUT2D eigenvalue weighted by Crippen LogP contribution is 2.27. The van der Waals surface area contributed by atoms with Crippen LogP contribution in [0.2, 0.25) is 0 Å². The van der Waals surface area contributed by atoms with Crippen molar-refractivity contribution >= 4 is 22.4 Å². The number of nitrogens with zero attached hydrogens (tertiary/aromatic N) is 3. The molecule has 0 bridgehead atoms. The van der Waals surface area contributed by atoms with E-state index in [-0.39, 0.29) is 11.7 Å². The summed E-state index contributed by atoms with van der Waals surface area (Å²) in [5.74, 6) is -1.34. The second-order valence-corrected chi connectivity index (χ2v) is 6.45. The van der Waals surface area contributed by atoms with Gasteiger partial charge in [-0.1, -0.05) is 23.5 Å². The minimum Gasteiger partial charge on any atom is -0.481 e. The summed E-state index contributed by atoms with van der Waals surface area (Å²) in [5.41, 5.74) is 0.978. The summed E-state index contributed by atoms with van der Waals surface area (Å²) in [6.45, 7) is 1.30. The van der Waals surface area contributed by atoms with Gasteiger partial charge in [-0.2, -0.15) is 0 Å². The zero-order valence-corrected chi connectivity index (χ0v) is 12.7. The predicted octanol–water partition coefficient (Wildman–Crippen LogP) is 2.57. The lowest BCUT2D eigenvalue weighted by atomic mass is 9.99. The van der Waals surface area contributed by atoms with Gasteiger partial charge in [0.15, 0.2) is 0 Å². The van der Waals surface area contributed by atoms with Crippen LogP contribution < -0.4 is 4.90 Å². The summed E-state index contributed by atoms with van der Waals surface area (Å²) in [4.78, 5) is 13.1. The third kappa shape index (κ3) is 3.41. The molecule has 2 heterocycles. The van der Waals surface area contributed by atoms with Gasteiger partial charge in [-0.25, -0.2) is 4.39 Å². The zero-order valence-electron chi connectivity index (χ0n) is 11.9. The van der Waals surface area contributed by atoms with E-state index < -0.39 is 5.97 Å². The molecule has 22 heavy (non-hydrogen) atoms. The molecule has 3 rings (SSSR count). The molecule has 1 atom stereocenters. The van der Waals surface area contributed by atoms with Crippen LogP contribution in [-0.4, -0.2) is 34.4 Å². The van der Waals surface area contributed by atoms with E-state index in [4.69, 9.17) is 5.11 Å². The van der Waals surface area contributed by atoms with Crippen LogP contribution in [0.15, 0.2) is 24.3 Å². The molecule has 0 aliphatic carbocycles. The Morgan fingerprint density at radius 1 is 1.36 bits per heavy atom. The van der Waals surface area contributed by atoms with E-state index in [1.807, 2.05) is 4.90 Å². The monoisotopic (exact) mass is 321 g/mol. The van der Waals surface area contributed by atoms with Crippen LogP contribution in [0.4, 0.5) is 9.52 Å². The van der Waals surface area contributed by atoms with E-state index in [0.29, 0.717) is 19.4 Å². The lowest BCUT2D eigenvalue weighted by Crippen LogP contribution is -2.38. The number of piperidine rings is 1. The topological polar surface area (TPSA) is 66.3 Å². The van der Waals surface area contributed by atoms with Gasteiger partial charge in [0.25, 0.3) is 0 Å². The first-order chi connectivity index (χ1) is 10.6. The third-order valence-electron chi connectivity index (χ3n) is 3.77. The fourth-order valence-electron chi connectivity index (χ4n) is 2.57. The third-order valence-corrected chi connectivity index (χ3v) is 4.75. The first-order valence-corrected chi connectivity index (χ1v) is 7.98. The highest BCUT2D eigenvalue weighted by molar-refractivity contribution is 7.15. The van der Waals surface area contributed by atoms with E-state index in [9.17, 15) is 9.18 Å². The number of rotatable bonds is 4. The molecule has 0 spiro atoms. The van der Waals surface area contributed by atoms with Crippen molar-refractivity contribution in [1.82, 2.24) is 10.2 Å².